The average Bonchev–Trinajstić information content (AvgIpc) is 3.33. The fraction of sp³-hybridized carbons (Fsp3) is 0.292. The quantitative estimate of drug-likeness (QED) is 0.538. The molecule has 0 saturated carbocycles. The Kier molecular flexibility index (Phi) is 6.58. The number of carbonyl (C=O) groups is 2. The first-order valence-corrected chi connectivity index (χ1v) is 10.7. The number of aryl methyl sites for hydroxylation is 2. The summed E-state index contributed by atoms with van der Waals surface area (Å²) in [5.74, 6) is -0.902. The van der Waals surface area contributed by atoms with Crippen LogP contribution in [0.3, 0.4) is 0 Å². The lowest BCUT2D eigenvalue weighted by Gasteiger charge is -2.24. The van der Waals surface area contributed by atoms with Gasteiger partial charge in [0.1, 0.15) is 11.8 Å². The van der Waals surface area contributed by atoms with Crippen molar-refractivity contribution in [2.24, 2.45) is 0 Å². The highest BCUT2D eigenvalue weighted by atomic mass is 19.4. The van der Waals surface area contributed by atoms with Gasteiger partial charge in [0.2, 0.25) is 5.91 Å². The molecule has 0 saturated heterocycles. The van der Waals surface area contributed by atoms with Crippen LogP contribution in [-0.2, 0) is 17.9 Å². The molecule has 10 heteroatoms. The summed E-state index contributed by atoms with van der Waals surface area (Å²) in [6.07, 6.45) is -2.28. The smallest absolute Gasteiger partial charge is 0.406 e. The minimum absolute atomic E-state index is 0.0956. The van der Waals surface area contributed by atoms with E-state index in [1.165, 1.54) is 24.3 Å². The van der Waals surface area contributed by atoms with E-state index in [-0.39, 0.29) is 24.1 Å². The van der Waals surface area contributed by atoms with Gasteiger partial charge in [-0.25, -0.2) is 0 Å². The predicted molar refractivity (Wildman–Crippen MR) is 117 cm³/mol. The Morgan fingerprint density at radius 3 is 2.50 bits per heavy atom. The van der Waals surface area contributed by atoms with Crippen molar-refractivity contribution in [3.05, 3.63) is 83.2 Å². The van der Waals surface area contributed by atoms with Gasteiger partial charge in [-0.15, -0.1) is 13.2 Å². The fourth-order valence-electron chi connectivity index (χ4n) is 3.97. The van der Waals surface area contributed by atoms with Crippen molar-refractivity contribution in [1.29, 1.82) is 0 Å². The number of nitrogens with zero attached hydrogens (tertiary/aromatic N) is 3. The van der Waals surface area contributed by atoms with Gasteiger partial charge < -0.3 is 15.0 Å². The minimum atomic E-state index is -4.77. The molecule has 2 amide bonds. The molecule has 3 aromatic rings. The second-order valence-corrected chi connectivity index (χ2v) is 7.97. The third-order valence-corrected chi connectivity index (χ3v) is 5.49. The monoisotopic (exact) mass is 472 g/mol. The van der Waals surface area contributed by atoms with Gasteiger partial charge in [0.25, 0.3) is 5.91 Å². The molecule has 1 N–H and O–H groups in total. The molecule has 1 unspecified atom stereocenters. The van der Waals surface area contributed by atoms with E-state index < -0.39 is 12.4 Å². The minimum Gasteiger partial charge on any atom is -0.406 e. The zero-order valence-corrected chi connectivity index (χ0v) is 18.4. The molecule has 178 valence electrons. The molecular formula is C24H23F3N4O3. The van der Waals surface area contributed by atoms with Crippen LogP contribution in [0.15, 0.2) is 60.8 Å². The normalized spacial score (nSPS) is 15.4. The Balaban J connectivity index is 1.42. The van der Waals surface area contributed by atoms with Gasteiger partial charge in [-0.2, -0.15) is 5.10 Å². The number of benzene rings is 2. The third-order valence-electron chi connectivity index (χ3n) is 5.49. The summed E-state index contributed by atoms with van der Waals surface area (Å²) in [6.45, 7) is 2.97. The number of fused-ring (bicyclic) bond motifs is 1. The van der Waals surface area contributed by atoms with E-state index in [0.29, 0.717) is 36.2 Å². The van der Waals surface area contributed by atoms with Crippen molar-refractivity contribution in [3.8, 4) is 5.75 Å². The summed E-state index contributed by atoms with van der Waals surface area (Å²) in [7, 11) is 0. The largest absolute Gasteiger partial charge is 0.573 e. The van der Waals surface area contributed by atoms with Crippen molar-refractivity contribution in [2.75, 3.05) is 6.54 Å². The molecule has 4 rings (SSSR count). The molecule has 0 bridgehead atoms. The zero-order chi connectivity index (χ0) is 24.3. The van der Waals surface area contributed by atoms with E-state index in [0.717, 1.165) is 5.69 Å². The molecule has 34 heavy (non-hydrogen) atoms. The Morgan fingerprint density at radius 2 is 1.82 bits per heavy atom. The Morgan fingerprint density at radius 1 is 1.09 bits per heavy atom. The first-order chi connectivity index (χ1) is 16.2. The number of ether oxygens (including phenoxy) is 1. The topological polar surface area (TPSA) is 76.5 Å². The number of nitrogens with one attached hydrogen (secondary N) is 1. The van der Waals surface area contributed by atoms with Crippen molar-refractivity contribution in [3.63, 3.8) is 0 Å². The maximum absolute atomic E-state index is 13.1. The summed E-state index contributed by atoms with van der Waals surface area (Å²) < 4.78 is 42.6. The molecule has 1 aliphatic rings. The van der Waals surface area contributed by atoms with Crippen molar-refractivity contribution in [1.82, 2.24) is 20.0 Å². The molecule has 2 aromatic carbocycles. The van der Waals surface area contributed by atoms with E-state index in [1.54, 1.807) is 33.8 Å². The maximum atomic E-state index is 13.1. The highest BCUT2D eigenvalue weighted by molar-refractivity contribution is 6.04. The second kappa shape index (κ2) is 9.58. The average molecular weight is 472 g/mol. The van der Waals surface area contributed by atoms with E-state index in [2.05, 4.69) is 15.2 Å². The van der Waals surface area contributed by atoms with Gasteiger partial charge in [0, 0.05) is 31.4 Å². The Labute approximate surface area is 194 Å². The van der Waals surface area contributed by atoms with Crippen molar-refractivity contribution in [2.45, 2.75) is 38.8 Å². The Bertz CT molecular complexity index is 1170. The van der Waals surface area contributed by atoms with Gasteiger partial charge in [0.05, 0.1) is 5.69 Å². The van der Waals surface area contributed by atoms with Crippen LogP contribution in [-0.4, -0.2) is 39.4 Å². The maximum Gasteiger partial charge on any atom is 0.573 e. The highest BCUT2D eigenvalue weighted by Gasteiger charge is 2.40. The summed E-state index contributed by atoms with van der Waals surface area (Å²) >= 11 is 0. The van der Waals surface area contributed by atoms with E-state index in [4.69, 9.17) is 0 Å². The van der Waals surface area contributed by atoms with E-state index in [9.17, 15) is 22.8 Å². The van der Waals surface area contributed by atoms with Gasteiger partial charge >= 0.3 is 6.36 Å². The second-order valence-electron chi connectivity index (χ2n) is 7.97. The molecule has 1 atom stereocenters. The Hall–Kier alpha value is -3.82. The van der Waals surface area contributed by atoms with Gasteiger partial charge in [0.15, 0.2) is 0 Å². The predicted octanol–water partition coefficient (Wildman–Crippen LogP) is 3.99. The summed E-state index contributed by atoms with van der Waals surface area (Å²) in [5, 5.41) is 7.14. The van der Waals surface area contributed by atoms with Crippen LogP contribution in [0.5, 0.6) is 5.75 Å². The number of aromatic nitrogens is 2. The standard InChI is InChI=1S/C24H23F3N4O3/c1-16-11-14-30(29-16)12-4-13-31-21(19-5-2-3-6-20(19)23(31)33)22(32)28-15-17-7-9-18(10-8-17)34-24(25,26)27/h2-3,5-11,14,21H,4,12-13,15H2,1H3,(H,28,32). The van der Waals surface area contributed by atoms with Crippen LogP contribution in [0.2, 0.25) is 0 Å². The van der Waals surface area contributed by atoms with E-state index in [1.807, 2.05) is 19.2 Å². The molecule has 7 nitrogen and oxygen atoms in total. The summed E-state index contributed by atoms with van der Waals surface area (Å²) in [5.41, 5.74) is 2.63. The van der Waals surface area contributed by atoms with Crippen LogP contribution in [0.1, 0.15) is 39.6 Å². The number of amides is 2. The molecule has 1 aliphatic heterocycles. The lowest BCUT2D eigenvalue weighted by Crippen LogP contribution is -2.39. The van der Waals surface area contributed by atoms with Crippen LogP contribution < -0.4 is 10.1 Å². The summed E-state index contributed by atoms with van der Waals surface area (Å²) in [4.78, 5) is 27.7. The number of hydrogen-bond donors (Lipinski definition) is 1. The number of halogens is 3. The van der Waals surface area contributed by atoms with Crippen LogP contribution in [0, 0.1) is 6.92 Å². The van der Waals surface area contributed by atoms with Crippen molar-refractivity contribution < 1.29 is 27.5 Å². The zero-order valence-electron chi connectivity index (χ0n) is 18.4. The molecule has 1 aromatic heterocycles. The molecular weight excluding hydrogens is 449 g/mol. The van der Waals surface area contributed by atoms with E-state index >= 15 is 0 Å². The lowest BCUT2D eigenvalue weighted by molar-refractivity contribution is -0.274. The molecule has 2 heterocycles. The number of rotatable bonds is 8. The first-order valence-electron chi connectivity index (χ1n) is 10.7. The van der Waals surface area contributed by atoms with Gasteiger partial charge in [-0.1, -0.05) is 30.3 Å². The number of alkyl halides is 3. The highest BCUT2D eigenvalue weighted by Crippen LogP contribution is 2.34. The lowest BCUT2D eigenvalue weighted by atomic mass is 10.0. The van der Waals surface area contributed by atoms with Crippen LogP contribution in [0.4, 0.5) is 13.2 Å². The van der Waals surface area contributed by atoms with Gasteiger partial charge in [-0.3, -0.25) is 14.3 Å². The molecule has 0 aliphatic carbocycles. The van der Waals surface area contributed by atoms with Crippen LogP contribution >= 0.6 is 0 Å². The SMILES string of the molecule is Cc1ccn(CCCN2C(=O)c3ccccc3C2C(=O)NCc2ccc(OC(F)(F)F)cc2)n1. The number of hydrogen-bond acceptors (Lipinski definition) is 4. The molecule has 0 radical (unpaired) electrons. The molecule has 0 fully saturated rings. The third kappa shape index (κ3) is 5.38. The summed E-state index contributed by atoms with van der Waals surface area (Å²) in [6, 6.07) is 13.4. The van der Waals surface area contributed by atoms with Crippen LogP contribution in [0.25, 0.3) is 0 Å². The van der Waals surface area contributed by atoms with Gasteiger partial charge in [-0.05, 0) is 48.7 Å². The molecule has 0 spiro atoms. The van der Waals surface area contributed by atoms with Crippen molar-refractivity contribution >= 4 is 11.8 Å². The number of carbonyl (C=O) groups excluding carboxylic acids is 2. The first kappa shape index (κ1) is 23.3. The fourth-order valence-corrected chi connectivity index (χ4v) is 3.97.